The van der Waals surface area contributed by atoms with Crippen LogP contribution in [0.4, 0.5) is 0 Å². The van der Waals surface area contributed by atoms with E-state index in [1.54, 1.807) is 20.8 Å². The van der Waals surface area contributed by atoms with E-state index >= 15 is 0 Å². The van der Waals surface area contributed by atoms with Crippen molar-refractivity contribution in [3.05, 3.63) is 11.1 Å². The fourth-order valence-corrected chi connectivity index (χ4v) is 1.57. The van der Waals surface area contributed by atoms with Gasteiger partial charge in [-0.15, -0.1) is 5.10 Å². The number of carboxylic acids is 1. The van der Waals surface area contributed by atoms with Crippen molar-refractivity contribution < 1.29 is 14.7 Å². The largest absolute Gasteiger partial charge is 0.480 e. The third kappa shape index (κ3) is 2.99. The number of amides is 1. The maximum atomic E-state index is 12.0. The molecule has 0 aliphatic carbocycles. The minimum absolute atomic E-state index is 0.182. The van der Waals surface area contributed by atoms with Crippen molar-refractivity contribution in [3.8, 4) is 0 Å². The van der Waals surface area contributed by atoms with Gasteiger partial charge in [0.05, 0.1) is 0 Å². The highest BCUT2D eigenvalue weighted by Gasteiger charge is 2.30. The van der Waals surface area contributed by atoms with Gasteiger partial charge in [0.1, 0.15) is 6.54 Å². The van der Waals surface area contributed by atoms with Gasteiger partial charge in [0.2, 0.25) is 0 Å². The number of carbonyl (C=O) groups excluding carboxylic acids is 1. The summed E-state index contributed by atoms with van der Waals surface area (Å²) >= 11 is 1.06. The van der Waals surface area contributed by atoms with E-state index < -0.39 is 17.4 Å². The van der Waals surface area contributed by atoms with Crippen molar-refractivity contribution >= 4 is 23.4 Å². The highest BCUT2D eigenvalue weighted by atomic mass is 32.1. The summed E-state index contributed by atoms with van der Waals surface area (Å²) in [5.74, 6) is -1.46. The molecule has 0 saturated carbocycles. The lowest BCUT2D eigenvalue weighted by atomic mass is 10.1. The Kier molecular flexibility index (Phi) is 3.58. The number of hydrogen-bond acceptors (Lipinski definition) is 5. The molecule has 1 amide bonds. The predicted molar refractivity (Wildman–Crippen MR) is 58.3 cm³/mol. The molecule has 0 radical (unpaired) electrons. The third-order valence-electron chi connectivity index (χ3n) is 1.93. The second-order valence-corrected chi connectivity index (χ2v) is 4.86. The highest BCUT2D eigenvalue weighted by molar-refractivity contribution is 7.03. The Labute approximate surface area is 97.1 Å². The lowest BCUT2D eigenvalue weighted by molar-refractivity contribution is -0.138. The number of nitrogens with zero attached hydrogens (tertiary/aromatic N) is 3. The molecular formula is C9H13N3O3S. The minimum Gasteiger partial charge on any atom is -0.480 e. The third-order valence-corrected chi connectivity index (χ3v) is 2.43. The average Bonchev–Trinajstić information content (AvgIpc) is 2.63. The summed E-state index contributed by atoms with van der Waals surface area (Å²) in [5, 5.41) is 13.9. The molecule has 1 aromatic rings. The standard InChI is InChI=1S/C9H13N3O3S/c1-9(2,3)12(4-7(13)14)8(15)6-5-16-11-10-6/h5H,4H2,1-3H3,(H,13,14). The minimum atomic E-state index is -1.05. The van der Waals surface area contributed by atoms with Crippen LogP contribution in [0.2, 0.25) is 0 Å². The fourth-order valence-electron chi connectivity index (χ4n) is 1.14. The van der Waals surface area contributed by atoms with Crippen LogP contribution in [-0.2, 0) is 4.79 Å². The lowest BCUT2D eigenvalue weighted by Crippen LogP contribution is -2.48. The van der Waals surface area contributed by atoms with Gasteiger partial charge in [-0.3, -0.25) is 9.59 Å². The summed E-state index contributed by atoms with van der Waals surface area (Å²) in [7, 11) is 0. The van der Waals surface area contributed by atoms with Crippen molar-refractivity contribution in [1.29, 1.82) is 0 Å². The van der Waals surface area contributed by atoms with Gasteiger partial charge in [-0.25, -0.2) is 0 Å². The highest BCUT2D eigenvalue weighted by Crippen LogP contribution is 2.16. The molecule has 1 heterocycles. The first kappa shape index (κ1) is 12.6. The summed E-state index contributed by atoms with van der Waals surface area (Å²) < 4.78 is 3.58. The van der Waals surface area contributed by atoms with Gasteiger partial charge in [0.25, 0.3) is 5.91 Å². The molecule has 0 aromatic carbocycles. The lowest BCUT2D eigenvalue weighted by Gasteiger charge is -2.33. The quantitative estimate of drug-likeness (QED) is 0.851. The van der Waals surface area contributed by atoms with Crippen molar-refractivity contribution in [2.75, 3.05) is 6.54 Å². The molecule has 0 aliphatic heterocycles. The maximum absolute atomic E-state index is 12.0. The number of hydrogen-bond donors (Lipinski definition) is 1. The zero-order chi connectivity index (χ0) is 12.3. The zero-order valence-electron chi connectivity index (χ0n) is 9.30. The molecule has 16 heavy (non-hydrogen) atoms. The van der Waals surface area contributed by atoms with E-state index in [1.807, 2.05) is 0 Å². The van der Waals surface area contributed by atoms with E-state index in [0.717, 1.165) is 11.5 Å². The van der Waals surface area contributed by atoms with Crippen LogP contribution in [0.1, 0.15) is 31.3 Å². The van der Waals surface area contributed by atoms with Gasteiger partial charge < -0.3 is 10.0 Å². The van der Waals surface area contributed by atoms with Crippen LogP contribution in [0.3, 0.4) is 0 Å². The van der Waals surface area contributed by atoms with Gasteiger partial charge in [-0.1, -0.05) is 4.49 Å². The Morgan fingerprint density at radius 1 is 1.50 bits per heavy atom. The summed E-state index contributed by atoms with van der Waals surface area (Å²) in [6.45, 7) is 4.97. The van der Waals surface area contributed by atoms with E-state index in [0.29, 0.717) is 0 Å². The van der Waals surface area contributed by atoms with Gasteiger partial charge in [-0.2, -0.15) is 0 Å². The van der Waals surface area contributed by atoms with Gasteiger partial charge in [0, 0.05) is 10.9 Å². The molecule has 0 spiro atoms. The van der Waals surface area contributed by atoms with Crippen LogP contribution >= 0.6 is 11.5 Å². The van der Waals surface area contributed by atoms with E-state index in [2.05, 4.69) is 9.59 Å². The Morgan fingerprint density at radius 2 is 2.12 bits per heavy atom. The summed E-state index contributed by atoms with van der Waals surface area (Å²) in [6.07, 6.45) is 0. The van der Waals surface area contributed by atoms with Crippen molar-refractivity contribution in [3.63, 3.8) is 0 Å². The first-order valence-corrected chi connectivity index (χ1v) is 5.47. The first-order valence-electron chi connectivity index (χ1n) is 4.63. The molecule has 0 fully saturated rings. The first-order chi connectivity index (χ1) is 7.32. The average molecular weight is 243 g/mol. The van der Waals surface area contributed by atoms with Crippen LogP contribution in [-0.4, -0.2) is 43.6 Å². The summed E-state index contributed by atoms with van der Waals surface area (Å²) in [5.41, 5.74) is -0.389. The number of aromatic nitrogens is 2. The van der Waals surface area contributed by atoms with Crippen LogP contribution in [0.25, 0.3) is 0 Å². The van der Waals surface area contributed by atoms with E-state index in [-0.39, 0.29) is 12.2 Å². The number of rotatable bonds is 3. The van der Waals surface area contributed by atoms with E-state index in [4.69, 9.17) is 5.11 Å². The summed E-state index contributed by atoms with van der Waals surface area (Å²) in [6, 6.07) is 0. The molecular weight excluding hydrogens is 230 g/mol. The van der Waals surface area contributed by atoms with Crippen LogP contribution in [0.5, 0.6) is 0 Å². The van der Waals surface area contributed by atoms with E-state index in [9.17, 15) is 9.59 Å². The molecule has 0 saturated heterocycles. The van der Waals surface area contributed by atoms with Crippen LogP contribution in [0.15, 0.2) is 5.38 Å². The second kappa shape index (κ2) is 4.56. The molecule has 1 N–H and O–H groups in total. The maximum Gasteiger partial charge on any atom is 0.323 e. The van der Waals surface area contributed by atoms with E-state index in [1.165, 1.54) is 10.3 Å². The van der Waals surface area contributed by atoms with Crippen LogP contribution < -0.4 is 0 Å². The molecule has 0 bridgehead atoms. The molecule has 6 nitrogen and oxygen atoms in total. The Bertz CT molecular complexity index is 383. The SMILES string of the molecule is CC(C)(C)N(CC(=O)O)C(=O)c1csnn1. The molecule has 7 heteroatoms. The smallest absolute Gasteiger partial charge is 0.323 e. The monoisotopic (exact) mass is 243 g/mol. The number of carbonyl (C=O) groups is 2. The number of aliphatic carboxylic acids is 1. The molecule has 0 aliphatic rings. The Morgan fingerprint density at radius 3 is 2.50 bits per heavy atom. The van der Waals surface area contributed by atoms with Gasteiger partial charge >= 0.3 is 5.97 Å². The van der Waals surface area contributed by atoms with Crippen LogP contribution in [0, 0.1) is 0 Å². The topological polar surface area (TPSA) is 83.4 Å². The molecule has 0 unspecified atom stereocenters. The normalized spacial score (nSPS) is 11.2. The van der Waals surface area contributed by atoms with Gasteiger partial charge in [0.15, 0.2) is 5.69 Å². The Balaban J connectivity index is 2.94. The molecule has 0 atom stereocenters. The zero-order valence-corrected chi connectivity index (χ0v) is 10.1. The predicted octanol–water partition coefficient (Wildman–Crippen LogP) is 0.863. The Hall–Kier alpha value is -1.50. The van der Waals surface area contributed by atoms with Gasteiger partial charge in [-0.05, 0) is 32.3 Å². The van der Waals surface area contributed by atoms with Crippen molar-refractivity contribution in [1.82, 2.24) is 14.5 Å². The molecule has 88 valence electrons. The molecule has 1 rings (SSSR count). The fraction of sp³-hybridized carbons (Fsp3) is 0.556. The number of carboxylic acid groups (broad SMARTS) is 1. The second-order valence-electron chi connectivity index (χ2n) is 4.25. The van der Waals surface area contributed by atoms with Crippen molar-refractivity contribution in [2.45, 2.75) is 26.3 Å². The summed E-state index contributed by atoms with van der Waals surface area (Å²) in [4.78, 5) is 23.9. The molecule has 1 aromatic heterocycles. The van der Waals surface area contributed by atoms with Crippen molar-refractivity contribution in [2.24, 2.45) is 0 Å².